The van der Waals surface area contributed by atoms with Gasteiger partial charge in [-0.3, -0.25) is 4.79 Å². The topological polar surface area (TPSA) is 59.7 Å². The number of nitrogens with zero attached hydrogens (tertiary/aromatic N) is 4. The number of benzene rings is 1. The van der Waals surface area contributed by atoms with Gasteiger partial charge in [-0.15, -0.1) is 0 Å². The van der Waals surface area contributed by atoms with Crippen molar-refractivity contribution in [3.05, 3.63) is 91.4 Å². The molecule has 0 aliphatic carbocycles. The van der Waals surface area contributed by atoms with Crippen LogP contribution in [0.3, 0.4) is 0 Å². The lowest BCUT2D eigenvalue weighted by atomic mass is 9.95. The Bertz CT molecular complexity index is 1380. The zero-order valence-corrected chi connectivity index (χ0v) is 20.7. The van der Waals surface area contributed by atoms with E-state index in [-0.39, 0.29) is 22.7 Å². The first-order valence-electron chi connectivity index (χ1n) is 10.1. The summed E-state index contributed by atoms with van der Waals surface area (Å²) in [6, 6.07) is 12.8. The minimum Gasteiger partial charge on any atom is -0.481 e. The average Bonchev–Trinajstić information content (AvgIpc) is 3.17. The van der Waals surface area contributed by atoms with Gasteiger partial charge in [0.25, 0.3) is 5.91 Å². The Morgan fingerprint density at radius 3 is 2.82 bits per heavy atom. The van der Waals surface area contributed by atoms with Crippen LogP contribution in [-0.2, 0) is 11.2 Å². The van der Waals surface area contributed by atoms with E-state index in [4.69, 9.17) is 32.9 Å². The van der Waals surface area contributed by atoms with E-state index < -0.39 is 11.9 Å². The van der Waals surface area contributed by atoms with Gasteiger partial charge >= 0.3 is 0 Å². The fourth-order valence-electron chi connectivity index (χ4n) is 4.08. The minimum absolute atomic E-state index is 0.178. The number of aromatic nitrogens is 3. The molecule has 33 heavy (non-hydrogen) atoms. The summed E-state index contributed by atoms with van der Waals surface area (Å²) < 4.78 is 23.4. The number of pyridine rings is 2. The van der Waals surface area contributed by atoms with Crippen LogP contribution in [0.4, 0.5) is 4.39 Å². The molecule has 0 N–H and O–H groups in total. The van der Waals surface area contributed by atoms with Crippen LogP contribution in [0.15, 0.2) is 54.7 Å². The average molecular weight is 597 g/mol. The van der Waals surface area contributed by atoms with Crippen molar-refractivity contribution in [3.63, 3.8) is 0 Å². The highest BCUT2D eigenvalue weighted by molar-refractivity contribution is 14.1. The lowest BCUT2D eigenvalue weighted by molar-refractivity contribution is -0.135. The van der Waals surface area contributed by atoms with Crippen LogP contribution in [0.5, 0.6) is 5.75 Å². The van der Waals surface area contributed by atoms with Gasteiger partial charge in [0.05, 0.1) is 11.4 Å². The molecule has 0 fully saturated rings. The predicted octanol–water partition coefficient (Wildman–Crippen LogP) is 5.33. The van der Waals surface area contributed by atoms with Gasteiger partial charge < -0.3 is 14.0 Å². The summed E-state index contributed by atoms with van der Waals surface area (Å²) >= 11 is 14.2. The molecule has 5 rings (SSSR count). The monoisotopic (exact) mass is 596 g/mol. The van der Waals surface area contributed by atoms with Gasteiger partial charge in [-0.2, -0.15) is 0 Å². The van der Waals surface area contributed by atoms with Crippen molar-refractivity contribution < 1.29 is 13.9 Å². The molecule has 0 radical (unpaired) electrons. The van der Waals surface area contributed by atoms with Gasteiger partial charge in [0, 0.05) is 29.7 Å². The van der Waals surface area contributed by atoms with Gasteiger partial charge in [0.2, 0.25) is 0 Å². The number of rotatable bonds is 4. The number of halogens is 4. The molecule has 0 bridgehead atoms. The van der Waals surface area contributed by atoms with Crippen molar-refractivity contribution in [3.8, 4) is 5.75 Å². The predicted molar refractivity (Wildman–Crippen MR) is 131 cm³/mol. The normalized spacial score (nSPS) is 15.5. The summed E-state index contributed by atoms with van der Waals surface area (Å²) in [6.07, 6.45) is 2.41. The van der Waals surface area contributed by atoms with Crippen LogP contribution in [0.2, 0.25) is 10.2 Å². The Balaban J connectivity index is 1.54. The molecular weight excluding hydrogens is 581 g/mol. The van der Waals surface area contributed by atoms with Gasteiger partial charge in [-0.1, -0.05) is 35.3 Å². The number of carbonyl (C=O) groups excluding carboxylic acids is 1. The van der Waals surface area contributed by atoms with Gasteiger partial charge in [-0.05, 0) is 59.0 Å². The third-order valence-electron chi connectivity index (χ3n) is 5.51. The molecule has 1 aliphatic rings. The van der Waals surface area contributed by atoms with E-state index >= 15 is 4.39 Å². The summed E-state index contributed by atoms with van der Waals surface area (Å²) in [5.41, 5.74) is 2.66. The number of carbonyl (C=O) groups is 1. The Hall–Kier alpha value is -2.43. The standard InChI is InChI=1S/C23H16Cl2FIN4O2/c24-13-4-5-14(15(26)11-13)21-22-16(28-19-3-1-2-9-30(19)22)8-10-31(21)20(32)12-33-17-6-7-18(27)29-23(17)25/h1-7,9,11,21H,8,10,12H2. The molecule has 10 heteroatoms. The van der Waals surface area contributed by atoms with Crippen molar-refractivity contribution >= 4 is 57.3 Å². The third-order valence-corrected chi connectivity index (χ3v) is 6.62. The Morgan fingerprint density at radius 1 is 1.18 bits per heavy atom. The van der Waals surface area contributed by atoms with E-state index in [9.17, 15) is 4.79 Å². The second-order valence-electron chi connectivity index (χ2n) is 7.49. The molecule has 1 atom stereocenters. The van der Waals surface area contributed by atoms with Crippen molar-refractivity contribution in [2.45, 2.75) is 12.5 Å². The van der Waals surface area contributed by atoms with Crippen LogP contribution in [0.25, 0.3) is 5.65 Å². The number of imidazole rings is 1. The second kappa shape index (κ2) is 9.08. The zero-order chi connectivity index (χ0) is 23.1. The summed E-state index contributed by atoms with van der Waals surface area (Å²) in [6.45, 7) is 0.101. The third kappa shape index (κ3) is 4.27. The molecule has 0 saturated heterocycles. The van der Waals surface area contributed by atoms with Gasteiger partial charge in [0.1, 0.15) is 21.2 Å². The van der Waals surface area contributed by atoms with Crippen molar-refractivity contribution in [2.75, 3.05) is 13.2 Å². The largest absolute Gasteiger partial charge is 0.481 e. The second-order valence-corrected chi connectivity index (χ2v) is 9.39. The Morgan fingerprint density at radius 2 is 2.03 bits per heavy atom. The summed E-state index contributed by atoms with van der Waals surface area (Å²) in [5, 5.41) is 0.463. The number of amides is 1. The molecule has 1 aliphatic heterocycles. The fraction of sp³-hybridized carbons (Fsp3) is 0.174. The maximum absolute atomic E-state index is 15.1. The maximum Gasteiger partial charge on any atom is 0.261 e. The molecule has 1 amide bonds. The maximum atomic E-state index is 15.1. The molecule has 4 heterocycles. The lowest BCUT2D eigenvalue weighted by Crippen LogP contribution is -2.43. The number of fused-ring (bicyclic) bond motifs is 3. The van der Waals surface area contributed by atoms with Crippen LogP contribution in [0.1, 0.15) is 23.0 Å². The van der Waals surface area contributed by atoms with E-state index in [0.29, 0.717) is 28.0 Å². The molecule has 0 saturated carbocycles. The summed E-state index contributed by atoms with van der Waals surface area (Å²) in [4.78, 5) is 23.8. The van der Waals surface area contributed by atoms with E-state index in [1.54, 1.807) is 29.2 Å². The summed E-state index contributed by atoms with van der Waals surface area (Å²) in [5.74, 6) is -0.484. The SMILES string of the molecule is O=C(COc1ccc(I)nc1Cl)N1CCc2nc3ccccn3c2C1c1ccc(Cl)cc1F. The molecule has 3 aromatic heterocycles. The van der Waals surface area contributed by atoms with Gasteiger partial charge in [0.15, 0.2) is 17.5 Å². The van der Waals surface area contributed by atoms with Crippen molar-refractivity contribution in [1.82, 2.24) is 19.3 Å². The first-order chi connectivity index (χ1) is 15.9. The quantitative estimate of drug-likeness (QED) is 0.236. The highest BCUT2D eigenvalue weighted by Crippen LogP contribution is 2.37. The molecule has 168 valence electrons. The van der Waals surface area contributed by atoms with Crippen molar-refractivity contribution in [1.29, 1.82) is 0 Å². The van der Waals surface area contributed by atoms with E-state index in [0.717, 1.165) is 17.0 Å². The zero-order valence-electron chi connectivity index (χ0n) is 17.0. The Kier molecular flexibility index (Phi) is 6.15. The minimum atomic E-state index is -0.690. The molecule has 4 aromatic rings. The first kappa shape index (κ1) is 22.4. The van der Waals surface area contributed by atoms with Crippen LogP contribution in [0, 0.1) is 9.52 Å². The summed E-state index contributed by atoms with van der Waals surface area (Å²) in [7, 11) is 0. The fourth-order valence-corrected chi connectivity index (χ4v) is 5.01. The lowest BCUT2D eigenvalue weighted by Gasteiger charge is -2.36. The number of ether oxygens (including phenoxy) is 1. The van der Waals surface area contributed by atoms with Crippen molar-refractivity contribution in [2.24, 2.45) is 0 Å². The van der Waals surface area contributed by atoms with E-state index in [2.05, 4.69) is 4.98 Å². The van der Waals surface area contributed by atoms with E-state index in [1.165, 1.54) is 6.07 Å². The number of hydrogen-bond acceptors (Lipinski definition) is 4. The smallest absolute Gasteiger partial charge is 0.261 e. The van der Waals surface area contributed by atoms with Crippen LogP contribution >= 0.6 is 45.8 Å². The molecular formula is C23H16Cl2FIN4O2. The molecule has 1 unspecified atom stereocenters. The molecule has 6 nitrogen and oxygen atoms in total. The first-order valence-corrected chi connectivity index (χ1v) is 11.9. The van der Waals surface area contributed by atoms with Crippen LogP contribution in [-0.4, -0.2) is 38.3 Å². The highest BCUT2D eigenvalue weighted by Gasteiger charge is 2.37. The van der Waals surface area contributed by atoms with Crippen LogP contribution < -0.4 is 4.74 Å². The molecule has 1 aromatic carbocycles. The highest BCUT2D eigenvalue weighted by atomic mass is 127. The Labute approximate surface area is 212 Å². The molecule has 0 spiro atoms. The number of hydrogen-bond donors (Lipinski definition) is 0. The van der Waals surface area contributed by atoms with E-state index in [1.807, 2.05) is 51.4 Å². The van der Waals surface area contributed by atoms with Gasteiger partial charge in [-0.25, -0.2) is 14.4 Å².